The summed E-state index contributed by atoms with van der Waals surface area (Å²) in [6.07, 6.45) is 5.05. The summed E-state index contributed by atoms with van der Waals surface area (Å²) in [5, 5.41) is 3.53. The SMILES string of the molecule is NC(=O)C(c1cccnc1)C1CCN(c2ccccc2NC(=O)c2cccc(Cl)c2)CC1. The molecule has 0 bridgehead atoms. The number of nitrogens with zero attached hydrogens (tertiary/aromatic N) is 2. The topological polar surface area (TPSA) is 88.3 Å². The number of anilines is 2. The molecule has 0 radical (unpaired) electrons. The van der Waals surface area contributed by atoms with Crippen LogP contribution in [0.15, 0.2) is 73.1 Å². The molecule has 7 heteroatoms. The molecule has 1 fully saturated rings. The quantitative estimate of drug-likeness (QED) is 0.582. The van der Waals surface area contributed by atoms with Crippen molar-refractivity contribution in [2.75, 3.05) is 23.3 Å². The molecule has 3 N–H and O–H groups in total. The van der Waals surface area contributed by atoms with Crippen molar-refractivity contribution in [1.29, 1.82) is 0 Å². The maximum Gasteiger partial charge on any atom is 0.255 e. The van der Waals surface area contributed by atoms with Gasteiger partial charge in [0.25, 0.3) is 5.91 Å². The lowest BCUT2D eigenvalue weighted by molar-refractivity contribution is -0.120. The highest BCUT2D eigenvalue weighted by Gasteiger charge is 2.32. The number of nitrogens with two attached hydrogens (primary N) is 1. The first-order valence-corrected chi connectivity index (χ1v) is 11.0. The third kappa shape index (κ3) is 4.92. The molecular formula is C25H25ClN4O2. The highest BCUT2D eigenvalue weighted by atomic mass is 35.5. The molecule has 3 aromatic rings. The Morgan fingerprint density at radius 1 is 1.06 bits per heavy atom. The number of carbonyl (C=O) groups excluding carboxylic acids is 2. The molecule has 2 aromatic carbocycles. The number of aromatic nitrogens is 1. The van der Waals surface area contributed by atoms with Gasteiger partial charge in [-0.25, -0.2) is 0 Å². The Balaban J connectivity index is 1.47. The Bertz CT molecular complexity index is 1100. The number of nitrogens with one attached hydrogen (secondary N) is 1. The third-order valence-corrected chi connectivity index (χ3v) is 6.18. The molecular weight excluding hydrogens is 424 g/mol. The fourth-order valence-corrected chi connectivity index (χ4v) is 4.57. The molecule has 4 rings (SSSR count). The van der Waals surface area contributed by atoms with Crippen LogP contribution in [0.5, 0.6) is 0 Å². The van der Waals surface area contributed by atoms with Gasteiger partial charge < -0.3 is 16.0 Å². The van der Waals surface area contributed by atoms with E-state index < -0.39 is 0 Å². The van der Waals surface area contributed by atoms with Crippen LogP contribution in [0.4, 0.5) is 11.4 Å². The zero-order valence-corrected chi connectivity index (χ0v) is 18.3. The first-order valence-electron chi connectivity index (χ1n) is 10.6. The second-order valence-corrected chi connectivity index (χ2v) is 8.41. The minimum Gasteiger partial charge on any atom is -0.370 e. The second-order valence-electron chi connectivity index (χ2n) is 7.97. The number of halogens is 1. The number of carbonyl (C=O) groups is 2. The van der Waals surface area contributed by atoms with Crippen LogP contribution in [0.25, 0.3) is 0 Å². The molecule has 0 aliphatic carbocycles. The summed E-state index contributed by atoms with van der Waals surface area (Å²) in [5.74, 6) is -0.712. The summed E-state index contributed by atoms with van der Waals surface area (Å²) < 4.78 is 0. The summed E-state index contributed by atoms with van der Waals surface area (Å²) in [5.41, 5.74) is 8.83. The van der Waals surface area contributed by atoms with Gasteiger partial charge in [-0.15, -0.1) is 0 Å². The zero-order chi connectivity index (χ0) is 22.5. The van der Waals surface area contributed by atoms with Crippen molar-refractivity contribution in [3.05, 3.63) is 89.2 Å². The van der Waals surface area contributed by atoms with Gasteiger partial charge in [0.05, 0.1) is 17.3 Å². The van der Waals surface area contributed by atoms with E-state index in [1.165, 1.54) is 0 Å². The molecule has 1 aromatic heterocycles. The van der Waals surface area contributed by atoms with Crippen molar-refractivity contribution in [2.45, 2.75) is 18.8 Å². The molecule has 1 aliphatic rings. The average molecular weight is 449 g/mol. The molecule has 1 unspecified atom stereocenters. The van der Waals surface area contributed by atoms with E-state index in [1.54, 1.807) is 36.7 Å². The van der Waals surface area contributed by atoms with E-state index in [2.05, 4.69) is 15.2 Å². The predicted octanol–water partition coefficient (Wildman–Crippen LogP) is 4.47. The summed E-state index contributed by atoms with van der Waals surface area (Å²) in [7, 11) is 0. The number of para-hydroxylation sites is 2. The van der Waals surface area contributed by atoms with Gasteiger partial charge in [-0.1, -0.05) is 35.9 Å². The van der Waals surface area contributed by atoms with E-state index in [4.69, 9.17) is 17.3 Å². The fourth-order valence-electron chi connectivity index (χ4n) is 4.38. The number of benzene rings is 2. The minimum absolute atomic E-state index is 0.154. The summed E-state index contributed by atoms with van der Waals surface area (Å²) in [4.78, 5) is 31.3. The van der Waals surface area contributed by atoms with Gasteiger partial charge in [0.2, 0.25) is 5.91 Å². The molecule has 2 heterocycles. The normalized spacial score (nSPS) is 15.2. The van der Waals surface area contributed by atoms with Gasteiger partial charge >= 0.3 is 0 Å². The Labute approximate surface area is 192 Å². The van der Waals surface area contributed by atoms with Gasteiger partial charge in [0, 0.05) is 36.1 Å². The van der Waals surface area contributed by atoms with Crippen LogP contribution < -0.4 is 16.0 Å². The van der Waals surface area contributed by atoms with Crippen molar-refractivity contribution >= 4 is 34.8 Å². The van der Waals surface area contributed by atoms with E-state index >= 15 is 0 Å². The highest BCUT2D eigenvalue weighted by Crippen LogP contribution is 2.36. The standard InChI is InChI=1S/C25H25ClN4O2/c26-20-7-3-5-18(15-20)25(32)29-21-8-1-2-9-22(21)30-13-10-17(11-14-30)23(24(27)31)19-6-4-12-28-16-19/h1-9,12,15-17,23H,10-11,13-14H2,(H2,27,31)(H,29,32). The van der Waals surface area contributed by atoms with Crippen LogP contribution in [-0.2, 0) is 4.79 Å². The van der Waals surface area contributed by atoms with Crippen LogP contribution in [0.3, 0.4) is 0 Å². The maximum atomic E-state index is 12.7. The average Bonchev–Trinajstić information content (AvgIpc) is 2.81. The van der Waals surface area contributed by atoms with Crippen molar-refractivity contribution in [1.82, 2.24) is 4.98 Å². The molecule has 32 heavy (non-hydrogen) atoms. The van der Waals surface area contributed by atoms with Gasteiger partial charge in [-0.05, 0) is 60.7 Å². The first-order chi connectivity index (χ1) is 15.5. The molecule has 0 spiro atoms. The molecule has 164 valence electrons. The van der Waals surface area contributed by atoms with Crippen LogP contribution in [-0.4, -0.2) is 29.9 Å². The Morgan fingerprint density at radius 2 is 1.84 bits per heavy atom. The van der Waals surface area contributed by atoms with Crippen molar-refractivity contribution in [3.8, 4) is 0 Å². The van der Waals surface area contributed by atoms with E-state index in [0.29, 0.717) is 10.6 Å². The maximum absolute atomic E-state index is 12.7. The first kappa shape index (κ1) is 21.8. The smallest absolute Gasteiger partial charge is 0.255 e. The number of pyridine rings is 1. The van der Waals surface area contributed by atoms with Crippen LogP contribution in [0, 0.1) is 5.92 Å². The zero-order valence-electron chi connectivity index (χ0n) is 17.6. The van der Waals surface area contributed by atoms with Crippen molar-refractivity contribution in [3.63, 3.8) is 0 Å². The van der Waals surface area contributed by atoms with Crippen LogP contribution in [0.1, 0.15) is 34.7 Å². The van der Waals surface area contributed by atoms with Crippen LogP contribution in [0.2, 0.25) is 5.02 Å². The second kappa shape index (κ2) is 9.83. The Hall–Kier alpha value is -3.38. The number of piperidine rings is 1. The van der Waals surface area contributed by atoms with Gasteiger partial charge in [-0.3, -0.25) is 14.6 Å². The number of hydrogen-bond acceptors (Lipinski definition) is 4. The summed E-state index contributed by atoms with van der Waals surface area (Å²) >= 11 is 6.03. The molecule has 0 saturated carbocycles. The van der Waals surface area contributed by atoms with E-state index in [9.17, 15) is 9.59 Å². The lowest BCUT2D eigenvalue weighted by Crippen LogP contribution is -2.39. The number of primary amides is 1. The van der Waals surface area contributed by atoms with E-state index in [-0.39, 0.29) is 23.7 Å². The molecule has 1 atom stereocenters. The van der Waals surface area contributed by atoms with E-state index in [0.717, 1.165) is 42.9 Å². The monoisotopic (exact) mass is 448 g/mol. The molecule has 6 nitrogen and oxygen atoms in total. The van der Waals surface area contributed by atoms with Crippen molar-refractivity contribution < 1.29 is 9.59 Å². The highest BCUT2D eigenvalue weighted by molar-refractivity contribution is 6.31. The van der Waals surface area contributed by atoms with Gasteiger partial charge in [-0.2, -0.15) is 0 Å². The number of rotatable bonds is 6. The predicted molar refractivity (Wildman–Crippen MR) is 127 cm³/mol. The number of hydrogen-bond donors (Lipinski definition) is 2. The molecule has 1 saturated heterocycles. The largest absolute Gasteiger partial charge is 0.370 e. The van der Waals surface area contributed by atoms with Gasteiger partial charge in [0.15, 0.2) is 0 Å². The Morgan fingerprint density at radius 3 is 2.53 bits per heavy atom. The lowest BCUT2D eigenvalue weighted by Gasteiger charge is -2.37. The summed E-state index contributed by atoms with van der Waals surface area (Å²) in [6, 6.07) is 18.4. The third-order valence-electron chi connectivity index (χ3n) is 5.94. The minimum atomic E-state index is -0.344. The van der Waals surface area contributed by atoms with Crippen LogP contribution >= 0.6 is 11.6 Å². The lowest BCUT2D eigenvalue weighted by atomic mass is 9.80. The van der Waals surface area contributed by atoms with E-state index in [1.807, 2.05) is 36.4 Å². The fraction of sp³-hybridized carbons (Fsp3) is 0.240. The van der Waals surface area contributed by atoms with Gasteiger partial charge in [0.1, 0.15) is 0 Å². The number of amides is 2. The molecule has 2 amide bonds. The van der Waals surface area contributed by atoms with Crippen molar-refractivity contribution in [2.24, 2.45) is 11.7 Å². The Kier molecular flexibility index (Phi) is 6.71. The molecule has 1 aliphatic heterocycles. The summed E-state index contributed by atoms with van der Waals surface area (Å²) in [6.45, 7) is 1.53.